The van der Waals surface area contributed by atoms with Gasteiger partial charge in [0.05, 0.1) is 12.1 Å². The molecule has 208 valence electrons. The Morgan fingerprint density at radius 1 is 1.26 bits per heavy atom. The first-order chi connectivity index (χ1) is 18.5. The van der Waals surface area contributed by atoms with E-state index in [-0.39, 0.29) is 58.4 Å². The molecule has 0 bridgehead atoms. The summed E-state index contributed by atoms with van der Waals surface area (Å²) in [5.41, 5.74) is 2.00. The van der Waals surface area contributed by atoms with Crippen molar-refractivity contribution in [2.24, 2.45) is 5.92 Å². The Labute approximate surface area is 223 Å². The summed E-state index contributed by atoms with van der Waals surface area (Å²) in [6, 6.07) is 6.55. The Kier molecular flexibility index (Phi) is 5.92. The molecule has 1 N–H and O–H groups in total. The zero-order chi connectivity index (χ0) is 27.9. The number of hydrogen-bond donors (Lipinski definition) is 1. The molecule has 2 aromatic heterocycles. The normalized spacial score (nSPS) is 31.2. The number of ether oxygens (including phenoxy) is 2. The predicted molar refractivity (Wildman–Crippen MR) is 134 cm³/mol. The van der Waals surface area contributed by atoms with Gasteiger partial charge in [-0.2, -0.15) is 18.2 Å². The first-order valence-corrected chi connectivity index (χ1v) is 13.1. The SMILES string of the molecule is COC1CCN2c3nc(OCC(F)(F)F)ccc3C(=O)[N+]3(C(C)c4cc(C)nc(NC(C)=O)c4)C4C(C1)C2C43. The van der Waals surface area contributed by atoms with Crippen LogP contribution in [0.5, 0.6) is 5.88 Å². The second-order valence-corrected chi connectivity index (χ2v) is 11.1. The summed E-state index contributed by atoms with van der Waals surface area (Å²) in [5.74, 6) is 0.497. The number of methoxy groups -OCH3 is 1. The van der Waals surface area contributed by atoms with E-state index in [2.05, 4.69) is 20.2 Å². The lowest BCUT2D eigenvalue weighted by molar-refractivity contribution is -0.767. The van der Waals surface area contributed by atoms with Crippen LogP contribution in [0.4, 0.5) is 24.8 Å². The molecule has 7 atom stereocenters. The Balaban J connectivity index is 1.44. The fourth-order valence-corrected chi connectivity index (χ4v) is 7.40. The number of halogens is 3. The van der Waals surface area contributed by atoms with Crippen molar-refractivity contribution in [3.63, 3.8) is 0 Å². The van der Waals surface area contributed by atoms with Crippen LogP contribution in [0.3, 0.4) is 0 Å². The molecule has 2 saturated heterocycles. The minimum Gasteiger partial charge on any atom is -0.468 e. The van der Waals surface area contributed by atoms with E-state index in [1.54, 1.807) is 13.2 Å². The lowest BCUT2D eigenvalue weighted by atomic mass is 9.76. The maximum atomic E-state index is 14.5. The molecule has 0 aromatic carbocycles. The molecular weight excluding hydrogens is 515 g/mol. The van der Waals surface area contributed by atoms with Gasteiger partial charge in [0.1, 0.15) is 23.2 Å². The third-order valence-electron chi connectivity index (χ3n) is 8.88. The van der Waals surface area contributed by atoms with Gasteiger partial charge in [0.25, 0.3) is 0 Å². The second-order valence-electron chi connectivity index (χ2n) is 11.1. The van der Waals surface area contributed by atoms with E-state index in [0.29, 0.717) is 23.7 Å². The van der Waals surface area contributed by atoms with Gasteiger partial charge in [-0.25, -0.2) is 14.3 Å². The van der Waals surface area contributed by atoms with Crippen LogP contribution < -0.4 is 15.0 Å². The molecular formula is C27H31F3N5O4+. The van der Waals surface area contributed by atoms with Crippen LogP contribution in [0.2, 0.25) is 0 Å². The first-order valence-electron chi connectivity index (χ1n) is 13.1. The number of nitrogens with one attached hydrogen (secondary N) is 1. The summed E-state index contributed by atoms with van der Waals surface area (Å²) in [6.07, 6.45) is -2.96. The predicted octanol–water partition coefficient (Wildman–Crippen LogP) is 3.78. The topological polar surface area (TPSA) is 93.7 Å². The van der Waals surface area contributed by atoms with Crippen LogP contribution in [0.15, 0.2) is 24.3 Å². The number of alkyl halides is 3. The van der Waals surface area contributed by atoms with Gasteiger partial charge in [0, 0.05) is 43.8 Å². The number of carbonyl (C=O) groups is 2. The molecule has 2 aromatic rings. The van der Waals surface area contributed by atoms with Crippen molar-refractivity contribution in [1.29, 1.82) is 0 Å². The van der Waals surface area contributed by atoms with Crippen molar-refractivity contribution in [3.05, 3.63) is 41.1 Å². The zero-order valence-electron chi connectivity index (χ0n) is 22.2. The molecule has 1 saturated carbocycles. The van der Waals surface area contributed by atoms with E-state index in [4.69, 9.17) is 9.47 Å². The summed E-state index contributed by atoms with van der Waals surface area (Å²) >= 11 is 0. The molecule has 12 heteroatoms. The third kappa shape index (κ3) is 3.98. The molecule has 2 amide bonds. The summed E-state index contributed by atoms with van der Waals surface area (Å²) < 4.78 is 49.5. The Bertz CT molecular complexity index is 1350. The number of aromatic nitrogens is 2. The number of pyridine rings is 2. The van der Waals surface area contributed by atoms with Crippen LogP contribution in [0.25, 0.3) is 0 Å². The quantitative estimate of drug-likeness (QED) is 0.436. The highest BCUT2D eigenvalue weighted by atomic mass is 19.4. The average Bonchev–Trinajstić information content (AvgIpc) is 3.52. The van der Waals surface area contributed by atoms with Gasteiger partial charge in [-0.05, 0) is 44.9 Å². The monoisotopic (exact) mass is 546 g/mol. The summed E-state index contributed by atoms with van der Waals surface area (Å²) in [6.45, 7) is 4.42. The minimum absolute atomic E-state index is 0.00548. The van der Waals surface area contributed by atoms with Crippen LogP contribution in [0.1, 0.15) is 54.3 Å². The molecule has 0 radical (unpaired) electrons. The molecule has 3 fully saturated rings. The molecule has 0 spiro atoms. The first kappa shape index (κ1) is 26.0. The lowest BCUT2D eigenvalue weighted by Crippen LogP contribution is -2.54. The molecule has 1 aliphatic carbocycles. The van der Waals surface area contributed by atoms with E-state index >= 15 is 0 Å². The largest absolute Gasteiger partial charge is 0.468 e. The standard InChI is InChI=1S/C27H30F3N5O4/c1-13-9-16(10-20(31-13)32-15(3)36)14(2)35-23-19-11-17(38-4)7-8-34(22(19)24(23)35)25-18(26(35)37)5-6-21(33-25)39-12-27(28,29)30/h5-6,9-10,14,17,19,22-24H,7-8,11-12H2,1-4H3/p+1. The van der Waals surface area contributed by atoms with Crippen molar-refractivity contribution in [2.45, 2.75) is 70.1 Å². The van der Waals surface area contributed by atoms with Gasteiger partial charge in [-0.15, -0.1) is 0 Å². The highest BCUT2D eigenvalue weighted by molar-refractivity contribution is 5.97. The molecule has 6 rings (SSSR count). The average molecular weight is 547 g/mol. The summed E-state index contributed by atoms with van der Waals surface area (Å²) in [7, 11) is 1.69. The molecule has 4 aliphatic rings. The molecule has 3 aliphatic heterocycles. The number of quaternary nitrogens is 1. The summed E-state index contributed by atoms with van der Waals surface area (Å²) in [5, 5.41) is 2.75. The maximum absolute atomic E-state index is 14.5. The van der Waals surface area contributed by atoms with Crippen molar-refractivity contribution >= 4 is 23.5 Å². The number of nitrogens with zero attached hydrogens (tertiary/aromatic N) is 4. The van der Waals surface area contributed by atoms with Gasteiger partial charge in [-0.3, -0.25) is 4.79 Å². The summed E-state index contributed by atoms with van der Waals surface area (Å²) in [4.78, 5) is 37.2. The molecule has 7 unspecified atom stereocenters. The number of anilines is 2. The van der Waals surface area contributed by atoms with E-state index in [1.807, 2.05) is 26.0 Å². The Hall–Kier alpha value is -3.25. The van der Waals surface area contributed by atoms with E-state index in [0.717, 1.165) is 24.1 Å². The number of rotatable bonds is 6. The fourth-order valence-electron chi connectivity index (χ4n) is 7.40. The smallest absolute Gasteiger partial charge is 0.422 e. The van der Waals surface area contributed by atoms with Crippen molar-refractivity contribution < 1.29 is 36.7 Å². The van der Waals surface area contributed by atoms with Crippen LogP contribution >= 0.6 is 0 Å². The highest BCUT2D eigenvalue weighted by Crippen LogP contribution is 2.68. The maximum Gasteiger partial charge on any atom is 0.422 e. The minimum atomic E-state index is -4.50. The van der Waals surface area contributed by atoms with Crippen molar-refractivity contribution in [1.82, 2.24) is 9.97 Å². The molecule has 39 heavy (non-hydrogen) atoms. The third-order valence-corrected chi connectivity index (χ3v) is 8.88. The lowest BCUT2D eigenvalue weighted by Gasteiger charge is -2.37. The van der Waals surface area contributed by atoms with Gasteiger partial charge in [0.2, 0.25) is 11.8 Å². The number of hydrogen-bond acceptors (Lipinski definition) is 7. The fraction of sp³-hybridized carbons (Fsp3) is 0.556. The van der Waals surface area contributed by atoms with E-state index in [1.165, 1.54) is 13.0 Å². The van der Waals surface area contributed by atoms with E-state index in [9.17, 15) is 22.8 Å². The van der Waals surface area contributed by atoms with Crippen LogP contribution in [-0.2, 0) is 9.53 Å². The van der Waals surface area contributed by atoms with Gasteiger partial charge in [-0.1, -0.05) is 0 Å². The van der Waals surface area contributed by atoms with Gasteiger partial charge in [0.15, 0.2) is 18.7 Å². The second kappa shape index (κ2) is 8.88. The Morgan fingerprint density at radius 2 is 2.03 bits per heavy atom. The van der Waals surface area contributed by atoms with Gasteiger partial charge >= 0.3 is 12.1 Å². The number of amides is 2. The molecule has 9 nitrogen and oxygen atoms in total. The Morgan fingerprint density at radius 3 is 2.72 bits per heavy atom. The molecule has 5 heterocycles. The van der Waals surface area contributed by atoms with Crippen LogP contribution in [0, 0.1) is 12.8 Å². The van der Waals surface area contributed by atoms with Gasteiger partial charge < -0.3 is 19.7 Å². The highest BCUT2D eigenvalue weighted by Gasteiger charge is 2.89. The number of carbonyl (C=O) groups excluding carboxylic acids is 2. The van der Waals surface area contributed by atoms with Crippen molar-refractivity contribution in [3.8, 4) is 5.88 Å². The van der Waals surface area contributed by atoms with Crippen molar-refractivity contribution in [2.75, 3.05) is 30.5 Å². The zero-order valence-corrected chi connectivity index (χ0v) is 22.2. The van der Waals surface area contributed by atoms with E-state index < -0.39 is 12.8 Å². The number of aryl methyl sites for hydroxylation is 1. The van der Waals surface area contributed by atoms with Crippen LogP contribution in [-0.4, -0.2) is 76.9 Å². The number of fused-ring (bicyclic) bond motifs is 4.